The highest BCUT2D eigenvalue weighted by Gasteiger charge is 2.22. The van der Waals surface area contributed by atoms with E-state index < -0.39 is 12.0 Å². The van der Waals surface area contributed by atoms with Gasteiger partial charge in [0.25, 0.3) is 0 Å². The van der Waals surface area contributed by atoms with Gasteiger partial charge in [-0.2, -0.15) is 0 Å². The SMILES string of the molecule is COC(=O)C(Nc1ccccc1OC)c1cccc(Cl)c1. The summed E-state index contributed by atoms with van der Waals surface area (Å²) in [7, 11) is 2.93. The largest absolute Gasteiger partial charge is 0.495 e. The van der Waals surface area contributed by atoms with Crippen LogP contribution in [0.4, 0.5) is 5.69 Å². The molecule has 0 aliphatic heterocycles. The highest BCUT2D eigenvalue weighted by Crippen LogP contribution is 2.29. The van der Waals surface area contributed by atoms with Gasteiger partial charge in [-0.25, -0.2) is 4.79 Å². The van der Waals surface area contributed by atoms with Crippen LogP contribution in [0.5, 0.6) is 5.75 Å². The van der Waals surface area contributed by atoms with Crippen LogP contribution in [0.2, 0.25) is 5.02 Å². The van der Waals surface area contributed by atoms with E-state index in [1.165, 1.54) is 7.11 Å². The number of nitrogens with one attached hydrogen (secondary N) is 1. The van der Waals surface area contributed by atoms with Crippen molar-refractivity contribution >= 4 is 23.3 Å². The lowest BCUT2D eigenvalue weighted by Gasteiger charge is -2.19. The summed E-state index contributed by atoms with van der Waals surface area (Å²) in [4.78, 5) is 12.1. The Morgan fingerprint density at radius 3 is 2.57 bits per heavy atom. The Hall–Kier alpha value is -2.20. The number of ether oxygens (including phenoxy) is 2. The van der Waals surface area contributed by atoms with E-state index in [1.54, 1.807) is 25.3 Å². The molecule has 0 aliphatic rings. The number of methoxy groups -OCH3 is 2. The number of anilines is 1. The maximum Gasteiger partial charge on any atom is 0.332 e. The Morgan fingerprint density at radius 2 is 1.90 bits per heavy atom. The van der Waals surface area contributed by atoms with Crippen molar-refractivity contribution in [3.8, 4) is 5.75 Å². The van der Waals surface area contributed by atoms with Crippen LogP contribution < -0.4 is 10.1 Å². The Bertz CT molecular complexity index is 630. The smallest absolute Gasteiger partial charge is 0.332 e. The van der Waals surface area contributed by atoms with Crippen LogP contribution in [0.3, 0.4) is 0 Å². The van der Waals surface area contributed by atoms with Crippen molar-refractivity contribution in [2.24, 2.45) is 0 Å². The van der Waals surface area contributed by atoms with E-state index in [2.05, 4.69) is 5.32 Å². The van der Waals surface area contributed by atoms with E-state index in [-0.39, 0.29) is 0 Å². The highest BCUT2D eigenvalue weighted by molar-refractivity contribution is 6.30. The number of hydrogen-bond acceptors (Lipinski definition) is 4. The fraction of sp³-hybridized carbons (Fsp3) is 0.188. The fourth-order valence-corrected chi connectivity index (χ4v) is 2.20. The number of para-hydroxylation sites is 2. The molecule has 0 aliphatic carbocycles. The molecule has 0 heterocycles. The molecule has 5 heteroatoms. The number of rotatable bonds is 5. The summed E-state index contributed by atoms with van der Waals surface area (Å²) in [6.45, 7) is 0. The summed E-state index contributed by atoms with van der Waals surface area (Å²) < 4.78 is 10.1. The molecule has 0 fully saturated rings. The molecule has 2 aromatic carbocycles. The lowest BCUT2D eigenvalue weighted by Crippen LogP contribution is -2.22. The van der Waals surface area contributed by atoms with Gasteiger partial charge in [-0.3, -0.25) is 0 Å². The van der Waals surface area contributed by atoms with Crippen molar-refractivity contribution in [1.29, 1.82) is 0 Å². The Balaban J connectivity index is 2.35. The van der Waals surface area contributed by atoms with Crippen LogP contribution in [0.1, 0.15) is 11.6 Å². The van der Waals surface area contributed by atoms with Crippen LogP contribution in [0.25, 0.3) is 0 Å². The lowest BCUT2D eigenvalue weighted by molar-refractivity contribution is -0.141. The van der Waals surface area contributed by atoms with Gasteiger partial charge in [0.15, 0.2) is 6.04 Å². The van der Waals surface area contributed by atoms with Gasteiger partial charge in [-0.05, 0) is 29.8 Å². The van der Waals surface area contributed by atoms with E-state index in [4.69, 9.17) is 21.1 Å². The molecule has 1 atom stereocenters. The maximum atomic E-state index is 12.1. The van der Waals surface area contributed by atoms with Crippen molar-refractivity contribution in [1.82, 2.24) is 0 Å². The standard InChI is InChI=1S/C16H16ClNO3/c1-20-14-9-4-3-8-13(14)18-15(16(19)21-2)11-6-5-7-12(17)10-11/h3-10,15,18H,1-2H3. The molecule has 0 bridgehead atoms. The van der Waals surface area contributed by atoms with Gasteiger partial charge in [0.2, 0.25) is 0 Å². The zero-order valence-corrected chi connectivity index (χ0v) is 12.6. The summed E-state index contributed by atoms with van der Waals surface area (Å²) in [5.41, 5.74) is 1.43. The van der Waals surface area contributed by atoms with Gasteiger partial charge >= 0.3 is 5.97 Å². The average Bonchev–Trinajstić information content (AvgIpc) is 2.52. The normalized spacial score (nSPS) is 11.6. The summed E-state index contributed by atoms with van der Waals surface area (Å²) in [6, 6.07) is 13.8. The van der Waals surface area contributed by atoms with Crippen molar-refractivity contribution in [3.63, 3.8) is 0 Å². The minimum Gasteiger partial charge on any atom is -0.495 e. The second kappa shape index (κ2) is 6.99. The monoisotopic (exact) mass is 305 g/mol. The summed E-state index contributed by atoms with van der Waals surface area (Å²) in [5.74, 6) is 0.247. The van der Waals surface area contributed by atoms with Crippen molar-refractivity contribution in [2.75, 3.05) is 19.5 Å². The van der Waals surface area contributed by atoms with Crippen LogP contribution in [-0.2, 0) is 9.53 Å². The third kappa shape index (κ3) is 3.67. The fourth-order valence-electron chi connectivity index (χ4n) is 2.00. The van der Waals surface area contributed by atoms with Crippen LogP contribution in [-0.4, -0.2) is 20.2 Å². The first-order chi connectivity index (χ1) is 10.2. The van der Waals surface area contributed by atoms with E-state index in [0.717, 1.165) is 5.56 Å². The topological polar surface area (TPSA) is 47.6 Å². The predicted octanol–water partition coefficient (Wildman–Crippen LogP) is 3.67. The molecule has 4 nitrogen and oxygen atoms in total. The molecule has 0 aromatic heterocycles. The number of halogens is 1. The molecular weight excluding hydrogens is 290 g/mol. The minimum absolute atomic E-state index is 0.400. The van der Waals surface area contributed by atoms with E-state index in [0.29, 0.717) is 16.5 Å². The molecular formula is C16H16ClNO3. The second-order valence-electron chi connectivity index (χ2n) is 4.36. The van der Waals surface area contributed by atoms with Crippen LogP contribution in [0.15, 0.2) is 48.5 Å². The molecule has 2 aromatic rings. The Kier molecular flexibility index (Phi) is 5.06. The quantitative estimate of drug-likeness (QED) is 0.856. The van der Waals surface area contributed by atoms with E-state index in [9.17, 15) is 4.79 Å². The molecule has 0 radical (unpaired) electrons. The summed E-state index contributed by atoms with van der Waals surface area (Å²) in [6.07, 6.45) is 0. The number of carbonyl (C=O) groups excluding carboxylic acids is 1. The van der Waals surface area contributed by atoms with Crippen molar-refractivity contribution < 1.29 is 14.3 Å². The highest BCUT2D eigenvalue weighted by atomic mass is 35.5. The summed E-state index contributed by atoms with van der Waals surface area (Å²) >= 11 is 5.99. The molecule has 0 saturated heterocycles. The number of esters is 1. The lowest BCUT2D eigenvalue weighted by atomic mass is 10.1. The minimum atomic E-state index is -0.662. The number of carbonyl (C=O) groups is 1. The van der Waals surface area contributed by atoms with Gasteiger partial charge in [0, 0.05) is 5.02 Å². The third-order valence-corrected chi connectivity index (χ3v) is 3.26. The first-order valence-corrected chi connectivity index (χ1v) is 6.76. The third-order valence-electron chi connectivity index (χ3n) is 3.03. The van der Waals surface area contributed by atoms with Gasteiger partial charge in [0.1, 0.15) is 5.75 Å². The molecule has 110 valence electrons. The Morgan fingerprint density at radius 1 is 1.14 bits per heavy atom. The first-order valence-electron chi connectivity index (χ1n) is 6.38. The van der Waals surface area contributed by atoms with E-state index in [1.807, 2.05) is 30.3 Å². The zero-order valence-electron chi connectivity index (χ0n) is 11.8. The maximum absolute atomic E-state index is 12.1. The Labute approximate surface area is 128 Å². The molecule has 0 amide bonds. The average molecular weight is 306 g/mol. The molecule has 2 rings (SSSR count). The second-order valence-corrected chi connectivity index (χ2v) is 4.79. The van der Waals surface area contributed by atoms with Crippen molar-refractivity contribution in [2.45, 2.75) is 6.04 Å². The molecule has 1 unspecified atom stereocenters. The number of hydrogen-bond donors (Lipinski definition) is 1. The van der Waals surface area contributed by atoms with Crippen molar-refractivity contribution in [3.05, 3.63) is 59.1 Å². The van der Waals surface area contributed by atoms with Gasteiger partial charge in [0.05, 0.1) is 19.9 Å². The van der Waals surface area contributed by atoms with Gasteiger partial charge in [-0.1, -0.05) is 35.9 Å². The summed E-state index contributed by atoms with van der Waals surface area (Å²) in [5, 5.41) is 3.69. The first kappa shape index (κ1) is 15.2. The predicted molar refractivity (Wildman–Crippen MR) is 82.8 cm³/mol. The van der Waals surface area contributed by atoms with Gasteiger partial charge < -0.3 is 14.8 Å². The number of benzene rings is 2. The molecule has 0 saturated carbocycles. The van der Waals surface area contributed by atoms with E-state index >= 15 is 0 Å². The van der Waals surface area contributed by atoms with Crippen LogP contribution in [0, 0.1) is 0 Å². The zero-order chi connectivity index (χ0) is 15.2. The van der Waals surface area contributed by atoms with Crippen LogP contribution >= 0.6 is 11.6 Å². The van der Waals surface area contributed by atoms with Gasteiger partial charge in [-0.15, -0.1) is 0 Å². The molecule has 21 heavy (non-hydrogen) atoms. The molecule has 0 spiro atoms. The molecule has 1 N–H and O–H groups in total.